The molecule has 0 radical (unpaired) electrons. The van der Waals surface area contributed by atoms with Crippen LogP contribution in [0.5, 0.6) is 0 Å². The zero-order valence-corrected chi connectivity index (χ0v) is 11.7. The van der Waals surface area contributed by atoms with Crippen molar-refractivity contribution in [3.05, 3.63) is 54.0 Å². The van der Waals surface area contributed by atoms with Gasteiger partial charge in [-0.3, -0.25) is 0 Å². The number of aromatic nitrogens is 3. The summed E-state index contributed by atoms with van der Waals surface area (Å²) in [7, 11) is 1.85. The van der Waals surface area contributed by atoms with Crippen molar-refractivity contribution in [2.45, 2.75) is 13.0 Å². The lowest BCUT2D eigenvalue weighted by atomic mass is 10.3. The molecule has 0 aliphatic carbocycles. The van der Waals surface area contributed by atoms with E-state index in [2.05, 4.69) is 25.9 Å². The van der Waals surface area contributed by atoms with Gasteiger partial charge >= 0.3 is 0 Å². The molecule has 0 aliphatic rings. The van der Waals surface area contributed by atoms with E-state index in [-0.39, 0.29) is 0 Å². The zero-order chi connectivity index (χ0) is 14.7. The molecule has 2 aromatic heterocycles. The van der Waals surface area contributed by atoms with E-state index >= 15 is 0 Å². The molecule has 1 N–H and O–H groups in total. The molecule has 0 aliphatic heterocycles. The van der Waals surface area contributed by atoms with Crippen LogP contribution < -0.4 is 5.32 Å². The number of pyridine rings is 1. The second kappa shape index (κ2) is 5.63. The predicted molar refractivity (Wildman–Crippen MR) is 81.9 cm³/mol. The van der Waals surface area contributed by atoms with Crippen LogP contribution in [-0.4, -0.2) is 21.6 Å². The standard InChI is InChI=1S/C16H15N5/c1-18-15-8-4-5-12(19-15)11-21-14-7-3-2-6-13(14)20-16(21)9-10-17/h2-8H,9,11H2,1H3,(H,18,19). The molecule has 2 heterocycles. The van der Waals surface area contributed by atoms with Crippen molar-refractivity contribution in [2.75, 3.05) is 12.4 Å². The molecule has 1 aromatic carbocycles. The Balaban J connectivity index is 2.06. The lowest BCUT2D eigenvalue weighted by Gasteiger charge is -2.08. The Bertz CT molecular complexity index is 813. The van der Waals surface area contributed by atoms with Gasteiger partial charge in [0.2, 0.25) is 0 Å². The van der Waals surface area contributed by atoms with Gasteiger partial charge in [0.15, 0.2) is 0 Å². The first kappa shape index (κ1) is 13.1. The van der Waals surface area contributed by atoms with Crippen molar-refractivity contribution < 1.29 is 0 Å². The summed E-state index contributed by atoms with van der Waals surface area (Å²) in [6.45, 7) is 0.604. The monoisotopic (exact) mass is 277 g/mol. The highest BCUT2D eigenvalue weighted by Crippen LogP contribution is 2.18. The Hall–Kier alpha value is -2.87. The lowest BCUT2D eigenvalue weighted by Crippen LogP contribution is -2.07. The third-order valence-electron chi connectivity index (χ3n) is 3.35. The van der Waals surface area contributed by atoms with Crippen LogP contribution in [0.15, 0.2) is 42.5 Å². The van der Waals surface area contributed by atoms with Gasteiger partial charge in [-0.1, -0.05) is 18.2 Å². The average molecular weight is 277 g/mol. The SMILES string of the molecule is CNc1cccc(Cn2c(CC#N)nc3ccccc32)n1. The predicted octanol–water partition coefficient (Wildman–Crippen LogP) is 2.59. The summed E-state index contributed by atoms with van der Waals surface area (Å²) in [5, 5.41) is 12.0. The van der Waals surface area contributed by atoms with Crippen LogP contribution in [0.4, 0.5) is 5.82 Å². The van der Waals surface area contributed by atoms with E-state index in [1.165, 1.54) is 0 Å². The highest BCUT2D eigenvalue weighted by molar-refractivity contribution is 5.76. The molecular formula is C16H15N5. The van der Waals surface area contributed by atoms with E-state index in [1.54, 1.807) is 0 Å². The van der Waals surface area contributed by atoms with Crippen molar-refractivity contribution in [3.8, 4) is 6.07 Å². The fourth-order valence-electron chi connectivity index (χ4n) is 2.38. The molecule has 0 amide bonds. The smallest absolute Gasteiger partial charge is 0.126 e. The van der Waals surface area contributed by atoms with Crippen molar-refractivity contribution in [1.29, 1.82) is 5.26 Å². The van der Waals surface area contributed by atoms with Crippen LogP contribution in [0.3, 0.4) is 0 Å². The molecule has 0 fully saturated rings. The number of para-hydroxylation sites is 2. The number of hydrogen-bond acceptors (Lipinski definition) is 4. The maximum absolute atomic E-state index is 8.99. The van der Waals surface area contributed by atoms with Gasteiger partial charge in [-0.05, 0) is 24.3 Å². The van der Waals surface area contributed by atoms with Crippen molar-refractivity contribution in [1.82, 2.24) is 14.5 Å². The number of nitrogens with zero attached hydrogens (tertiary/aromatic N) is 4. The van der Waals surface area contributed by atoms with Crippen LogP contribution in [0.1, 0.15) is 11.5 Å². The highest BCUT2D eigenvalue weighted by Gasteiger charge is 2.11. The van der Waals surface area contributed by atoms with Crippen LogP contribution in [0.2, 0.25) is 0 Å². The first-order chi connectivity index (χ1) is 10.3. The first-order valence-corrected chi connectivity index (χ1v) is 6.76. The van der Waals surface area contributed by atoms with E-state index in [4.69, 9.17) is 5.26 Å². The number of rotatable bonds is 4. The molecule has 0 atom stereocenters. The maximum atomic E-state index is 8.99. The minimum absolute atomic E-state index is 0.292. The molecule has 5 heteroatoms. The fraction of sp³-hybridized carbons (Fsp3) is 0.188. The van der Waals surface area contributed by atoms with Crippen LogP contribution in [-0.2, 0) is 13.0 Å². The molecule has 0 unspecified atom stereocenters. The molecule has 3 rings (SSSR count). The van der Waals surface area contributed by atoms with E-state index in [0.717, 1.165) is 28.4 Å². The number of benzene rings is 1. The van der Waals surface area contributed by atoms with Gasteiger partial charge in [-0.15, -0.1) is 0 Å². The van der Waals surface area contributed by atoms with E-state index < -0.39 is 0 Å². The first-order valence-electron chi connectivity index (χ1n) is 6.76. The summed E-state index contributed by atoms with van der Waals surface area (Å²) >= 11 is 0. The molecule has 5 nitrogen and oxygen atoms in total. The van der Waals surface area contributed by atoms with E-state index in [0.29, 0.717) is 13.0 Å². The largest absolute Gasteiger partial charge is 0.373 e. The summed E-state index contributed by atoms with van der Waals surface area (Å²) in [5.41, 5.74) is 2.87. The minimum atomic E-state index is 0.292. The number of nitrogens with one attached hydrogen (secondary N) is 1. The fourth-order valence-corrected chi connectivity index (χ4v) is 2.38. The third-order valence-corrected chi connectivity index (χ3v) is 3.35. The van der Waals surface area contributed by atoms with Gasteiger partial charge in [-0.2, -0.15) is 5.26 Å². The zero-order valence-electron chi connectivity index (χ0n) is 11.7. The molecule has 104 valence electrons. The van der Waals surface area contributed by atoms with Gasteiger partial charge < -0.3 is 9.88 Å². The van der Waals surface area contributed by atoms with Gasteiger partial charge in [-0.25, -0.2) is 9.97 Å². The van der Waals surface area contributed by atoms with Crippen LogP contribution in [0.25, 0.3) is 11.0 Å². The maximum Gasteiger partial charge on any atom is 0.126 e. The van der Waals surface area contributed by atoms with E-state index in [1.807, 2.05) is 49.5 Å². The molecule has 0 saturated carbocycles. The molecule has 0 bridgehead atoms. The second-order valence-corrected chi connectivity index (χ2v) is 4.70. The quantitative estimate of drug-likeness (QED) is 0.796. The van der Waals surface area contributed by atoms with Crippen molar-refractivity contribution in [2.24, 2.45) is 0 Å². The summed E-state index contributed by atoms with van der Waals surface area (Å²) in [6.07, 6.45) is 0.292. The van der Waals surface area contributed by atoms with Gasteiger partial charge in [0.05, 0.1) is 35.8 Å². The summed E-state index contributed by atoms with van der Waals surface area (Å²) in [4.78, 5) is 9.07. The van der Waals surface area contributed by atoms with Crippen LogP contribution in [0, 0.1) is 11.3 Å². The number of anilines is 1. The Labute approximate surface area is 122 Å². The number of hydrogen-bond donors (Lipinski definition) is 1. The summed E-state index contributed by atoms with van der Waals surface area (Å²) in [6, 6.07) is 16.0. The number of nitriles is 1. The molecule has 0 spiro atoms. The number of fused-ring (bicyclic) bond motifs is 1. The van der Waals surface area contributed by atoms with Gasteiger partial charge in [0, 0.05) is 7.05 Å². The van der Waals surface area contributed by atoms with E-state index in [9.17, 15) is 0 Å². The Morgan fingerprint density at radius 1 is 1.14 bits per heavy atom. The topological polar surface area (TPSA) is 66.5 Å². The minimum Gasteiger partial charge on any atom is -0.373 e. The molecule has 0 saturated heterocycles. The van der Waals surface area contributed by atoms with Crippen LogP contribution >= 0.6 is 0 Å². The second-order valence-electron chi connectivity index (χ2n) is 4.70. The van der Waals surface area contributed by atoms with Gasteiger partial charge in [0.25, 0.3) is 0 Å². The lowest BCUT2D eigenvalue weighted by molar-refractivity contribution is 0.751. The average Bonchev–Trinajstić information content (AvgIpc) is 2.86. The molecular weight excluding hydrogens is 262 g/mol. The summed E-state index contributed by atoms with van der Waals surface area (Å²) in [5.74, 6) is 1.61. The van der Waals surface area contributed by atoms with Crippen molar-refractivity contribution >= 4 is 16.9 Å². The normalized spacial score (nSPS) is 10.5. The highest BCUT2D eigenvalue weighted by atomic mass is 15.1. The van der Waals surface area contributed by atoms with Gasteiger partial charge in [0.1, 0.15) is 11.6 Å². The number of imidazole rings is 1. The molecule has 21 heavy (non-hydrogen) atoms. The molecule has 3 aromatic rings. The Morgan fingerprint density at radius 2 is 2.00 bits per heavy atom. The Morgan fingerprint density at radius 3 is 2.81 bits per heavy atom. The van der Waals surface area contributed by atoms with Crippen molar-refractivity contribution in [3.63, 3.8) is 0 Å². The summed E-state index contributed by atoms with van der Waals surface area (Å²) < 4.78 is 2.06. The Kier molecular flexibility index (Phi) is 3.52. The third kappa shape index (κ3) is 2.56.